The summed E-state index contributed by atoms with van der Waals surface area (Å²) < 4.78 is 13.7. The molecule has 0 atom stereocenters. The molecule has 32 heavy (non-hydrogen) atoms. The Bertz CT molecular complexity index is 1010. The van der Waals surface area contributed by atoms with Crippen LogP contribution in [-0.4, -0.2) is 35.3 Å². The van der Waals surface area contributed by atoms with Gasteiger partial charge in [-0.1, -0.05) is 30.3 Å². The lowest BCUT2D eigenvalue weighted by atomic mass is 10.1. The van der Waals surface area contributed by atoms with E-state index in [0.717, 1.165) is 48.9 Å². The summed E-state index contributed by atoms with van der Waals surface area (Å²) in [6.07, 6.45) is 5.69. The van der Waals surface area contributed by atoms with Gasteiger partial charge in [0.2, 0.25) is 0 Å². The van der Waals surface area contributed by atoms with Crippen molar-refractivity contribution in [1.29, 1.82) is 0 Å². The number of aromatic nitrogens is 2. The minimum Gasteiger partial charge on any atom is -0.490 e. The molecule has 0 aliphatic carbocycles. The predicted molar refractivity (Wildman–Crippen MR) is 138 cm³/mol. The molecule has 7 nitrogen and oxygen atoms in total. The van der Waals surface area contributed by atoms with Gasteiger partial charge in [-0.2, -0.15) is 0 Å². The first-order chi connectivity index (χ1) is 15.3. The van der Waals surface area contributed by atoms with E-state index in [4.69, 9.17) is 14.5 Å². The summed E-state index contributed by atoms with van der Waals surface area (Å²) in [7, 11) is 0. The van der Waals surface area contributed by atoms with Gasteiger partial charge in [0.25, 0.3) is 0 Å². The summed E-state index contributed by atoms with van der Waals surface area (Å²) >= 11 is 0. The quantitative estimate of drug-likeness (QED) is 0.259. The van der Waals surface area contributed by atoms with Crippen LogP contribution in [0.25, 0.3) is 0 Å². The number of imidazole rings is 1. The number of nitrogens with one attached hydrogen (secondary N) is 2. The van der Waals surface area contributed by atoms with Crippen LogP contribution >= 0.6 is 24.0 Å². The molecule has 8 heteroatoms. The van der Waals surface area contributed by atoms with E-state index in [1.807, 2.05) is 43.6 Å². The van der Waals surface area contributed by atoms with Gasteiger partial charge in [0.05, 0.1) is 13.2 Å². The zero-order valence-corrected chi connectivity index (χ0v) is 20.6. The minimum absolute atomic E-state index is 0. The van der Waals surface area contributed by atoms with Crippen LogP contribution < -0.4 is 20.1 Å². The average Bonchev–Trinajstić information content (AvgIpc) is 3.12. The molecular weight excluding hydrogens is 517 g/mol. The highest BCUT2D eigenvalue weighted by Gasteiger charge is 2.11. The number of hydrogen-bond acceptors (Lipinski definition) is 4. The second-order valence-electron chi connectivity index (χ2n) is 7.30. The fraction of sp³-hybridized carbons (Fsp3) is 0.333. The van der Waals surface area contributed by atoms with Crippen molar-refractivity contribution in [2.75, 3.05) is 25.1 Å². The summed E-state index contributed by atoms with van der Waals surface area (Å²) in [6, 6.07) is 16.3. The Morgan fingerprint density at radius 2 is 1.91 bits per heavy atom. The third-order valence-corrected chi connectivity index (χ3v) is 5.02. The van der Waals surface area contributed by atoms with E-state index in [0.29, 0.717) is 25.7 Å². The lowest BCUT2D eigenvalue weighted by molar-refractivity contribution is 0.297. The van der Waals surface area contributed by atoms with E-state index in [1.54, 1.807) is 0 Å². The van der Waals surface area contributed by atoms with E-state index in [-0.39, 0.29) is 24.0 Å². The topological polar surface area (TPSA) is 72.7 Å². The summed E-state index contributed by atoms with van der Waals surface area (Å²) in [4.78, 5) is 9.24. The van der Waals surface area contributed by atoms with Crippen molar-refractivity contribution in [1.82, 2.24) is 14.9 Å². The molecule has 0 spiro atoms. The number of anilines is 1. The van der Waals surface area contributed by atoms with Gasteiger partial charge in [0.1, 0.15) is 12.4 Å². The molecule has 1 aliphatic heterocycles. The molecule has 3 aromatic rings. The lowest BCUT2D eigenvalue weighted by Gasteiger charge is -2.14. The molecule has 1 aromatic heterocycles. The van der Waals surface area contributed by atoms with Gasteiger partial charge >= 0.3 is 0 Å². The standard InChI is InChI=1S/C24H29N5O2.HI/c1-2-25-24(28-20-9-10-21-22(17-20)31-16-6-15-30-21)27-18-23-26-12-14-29(23)13-11-19-7-4-3-5-8-19;/h3-5,7-10,12,14,17H,2,6,11,13,15-16,18H2,1H3,(H2,25,27,28);1H. The van der Waals surface area contributed by atoms with Crippen LogP contribution in [0.1, 0.15) is 24.7 Å². The average molecular weight is 547 g/mol. The molecule has 2 N–H and O–H groups in total. The number of guanidine groups is 1. The third kappa shape index (κ3) is 6.62. The zero-order valence-electron chi connectivity index (χ0n) is 18.3. The number of halogens is 1. The highest BCUT2D eigenvalue weighted by Crippen LogP contribution is 2.32. The number of hydrogen-bond donors (Lipinski definition) is 2. The Morgan fingerprint density at radius 3 is 2.72 bits per heavy atom. The van der Waals surface area contributed by atoms with E-state index in [2.05, 4.69) is 44.5 Å². The fourth-order valence-corrected chi connectivity index (χ4v) is 3.42. The SMILES string of the molecule is CCNC(=NCc1nccn1CCc1ccccc1)Nc1ccc2c(c1)OCCCO2.I. The molecule has 2 heterocycles. The van der Waals surface area contributed by atoms with E-state index >= 15 is 0 Å². The van der Waals surface area contributed by atoms with Gasteiger partial charge in [-0.15, -0.1) is 24.0 Å². The Hall–Kier alpha value is -2.75. The van der Waals surface area contributed by atoms with E-state index < -0.39 is 0 Å². The van der Waals surface area contributed by atoms with Crippen molar-refractivity contribution in [2.24, 2.45) is 4.99 Å². The molecule has 0 radical (unpaired) electrons. The van der Waals surface area contributed by atoms with Crippen LogP contribution in [0, 0.1) is 0 Å². The van der Waals surface area contributed by atoms with Gasteiger partial charge < -0.3 is 24.7 Å². The number of ether oxygens (including phenoxy) is 2. The van der Waals surface area contributed by atoms with E-state index in [9.17, 15) is 0 Å². The van der Waals surface area contributed by atoms with E-state index in [1.165, 1.54) is 5.56 Å². The molecular formula is C24H30IN5O2. The monoisotopic (exact) mass is 547 g/mol. The Labute approximate surface area is 206 Å². The smallest absolute Gasteiger partial charge is 0.196 e. The summed E-state index contributed by atoms with van der Waals surface area (Å²) in [6.45, 7) is 5.52. The zero-order chi connectivity index (χ0) is 21.3. The van der Waals surface area contributed by atoms with Crippen LogP contribution in [0.3, 0.4) is 0 Å². The number of aryl methyl sites for hydroxylation is 2. The molecule has 1 aliphatic rings. The fourth-order valence-electron chi connectivity index (χ4n) is 3.42. The van der Waals surface area contributed by atoms with Gasteiger partial charge in [-0.3, -0.25) is 0 Å². The van der Waals surface area contributed by atoms with Crippen LogP contribution in [-0.2, 0) is 19.5 Å². The maximum absolute atomic E-state index is 5.79. The molecule has 0 fully saturated rings. The minimum atomic E-state index is 0. The number of rotatable bonds is 7. The van der Waals surface area contributed by atoms with Crippen molar-refractivity contribution >= 4 is 35.6 Å². The number of fused-ring (bicyclic) bond motifs is 1. The normalized spacial score (nSPS) is 13.1. The predicted octanol–water partition coefficient (Wildman–Crippen LogP) is 4.48. The Morgan fingerprint density at radius 1 is 1.09 bits per heavy atom. The Kier molecular flexibility index (Phi) is 9.21. The first kappa shape index (κ1) is 23.9. The summed E-state index contributed by atoms with van der Waals surface area (Å²) in [5, 5.41) is 6.65. The number of aliphatic imine (C=N–C) groups is 1. The Balaban J connectivity index is 0.00000289. The largest absolute Gasteiger partial charge is 0.490 e. The van der Waals surface area contributed by atoms with Crippen LogP contribution in [0.2, 0.25) is 0 Å². The molecule has 0 bridgehead atoms. The molecule has 0 amide bonds. The van der Waals surface area contributed by atoms with Crippen molar-refractivity contribution in [3.63, 3.8) is 0 Å². The van der Waals surface area contributed by atoms with Gasteiger partial charge in [0, 0.05) is 43.7 Å². The molecule has 170 valence electrons. The maximum atomic E-state index is 5.79. The van der Waals surface area contributed by atoms with Crippen LogP contribution in [0.15, 0.2) is 65.9 Å². The van der Waals surface area contributed by atoms with Crippen LogP contribution in [0.4, 0.5) is 5.69 Å². The molecule has 0 unspecified atom stereocenters. The van der Waals surface area contributed by atoms with Crippen molar-refractivity contribution in [3.05, 3.63) is 72.3 Å². The second kappa shape index (κ2) is 12.3. The third-order valence-electron chi connectivity index (χ3n) is 5.02. The second-order valence-corrected chi connectivity index (χ2v) is 7.30. The number of benzene rings is 2. The van der Waals surface area contributed by atoms with Gasteiger partial charge in [0.15, 0.2) is 17.5 Å². The summed E-state index contributed by atoms with van der Waals surface area (Å²) in [5.41, 5.74) is 2.21. The first-order valence-corrected chi connectivity index (χ1v) is 10.8. The maximum Gasteiger partial charge on any atom is 0.196 e. The van der Waals surface area contributed by atoms with Crippen molar-refractivity contribution in [3.8, 4) is 11.5 Å². The number of nitrogens with zero attached hydrogens (tertiary/aromatic N) is 3. The molecule has 2 aromatic carbocycles. The van der Waals surface area contributed by atoms with Crippen LogP contribution in [0.5, 0.6) is 11.5 Å². The van der Waals surface area contributed by atoms with Gasteiger partial charge in [-0.05, 0) is 31.0 Å². The first-order valence-electron chi connectivity index (χ1n) is 10.8. The van der Waals surface area contributed by atoms with Crippen molar-refractivity contribution < 1.29 is 9.47 Å². The highest BCUT2D eigenvalue weighted by atomic mass is 127. The highest BCUT2D eigenvalue weighted by molar-refractivity contribution is 14.0. The van der Waals surface area contributed by atoms with Crippen molar-refractivity contribution in [2.45, 2.75) is 32.9 Å². The summed E-state index contributed by atoms with van der Waals surface area (Å²) in [5.74, 6) is 3.18. The molecule has 0 saturated carbocycles. The molecule has 4 rings (SSSR count). The molecule has 0 saturated heterocycles. The lowest BCUT2D eigenvalue weighted by Crippen LogP contribution is -2.30. The van der Waals surface area contributed by atoms with Gasteiger partial charge in [-0.25, -0.2) is 9.98 Å².